The number of carbonyl (C=O) groups excluding carboxylic acids is 1. The lowest BCUT2D eigenvalue weighted by Gasteiger charge is -2.07. The Morgan fingerprint density at radius 3 is 2.58 bits per heavy atom. The molecule has 122 valence electrons. The van der Waals surface area contributed by atoms with E-state index in [2.05, 4.69) is 0 Å². The molecule has 0 spiro atoms. The molecule has 0 fully saturated rings. The zero-order valence-corrected chi connectivity index (χ0v) is 13.8. The van der Waals surface area contributed by atoms with Crippen molar-refractivity contribution in [1.29, 1.82) is 0 Å². The van der Waals surface area contributed by atoms with Gasteiger partial charge in [0, 0.05) is 22.5 Å². The van der Waals surface area contributed by atoms with E-state index in [1.165, 1.54) is 6.07 Å². The predicted molar refractivity (Wildman–Crippen MR) is 92.9 cm³/mol. The van der Waals surface area contributed by atoms with Crippen LogP contribution < -0.4 is 10.4 Å². The lowest BCUT2D eigenvalue weighted by Crippen LogP contribution is -2.08. The molecule has 1 aromatic heterocycles. The number of hydrogen-bond donors (Lipinski definition) is 0. The van der Waals surface area contributed by atoms with E-state index in [1.54, 1.807) is 42.5 Å². The van der Waals surface area contributed by atoms with E-state index in [9.17, 15) is 9.59 Å². The highest BCUT2D eigenvalue weighted by atomic mass is 35.5. The smallest absolute Gasteiger partial charge is 0.343 e. The molecule has 0 saturated carbocycles. The average Bonchev–Trinajstić information content (AvgIpc) is 2.55. The zero-order chi connectivity index (χ0) is 17.1. The van der Waals surface area contributed by atoms with Gasteiger partial charge in [0.25, 0.3) is 0 Å². The van der Waals surface area contributed by atoms with Crippen molar-refractivity contribution in [2.24, 2.45) is 0 Å². The number of carbonyl (C=O) groups is 1. The highest BCUT2D eigenvalue weighted by Gasteiger charge is 2.11. The molecule has 3 aromatic rings. The summed E-state index contributed by atoms with van der Waals surface area (Å²) in [5.74, 6) is -0.183. The Labute approximate surface area is 143 Å². The van der Waals surface area contributed by atoms with Crippen LogP contribution in [0.3, 0.4) is 0 Å². The van der Waals surface area contributed by atoms with Crippen LogP contribution in [0.2, 0.25) is 5.02 Å². The van der Waals surface area contributed by atoms with Gasteiger partial charge in [0.15, 0.2) is 0 Å². The number of aryl methyl sites for hydroxylation is 1. The van der Waals surface area contributed by atoms with Gasteiger partial charge in [-0.2, -0.15) is 0 Å². The second kappa shape index (κ2) is 6.89. The highest BCUT2D eigenvalue weighted by Crippen LogP contribution is 2.24. The molecule has 0 saturated heterocycles. The predicted octanol–water partition coefficient (Wildman–Crippen LogP) is 4.62. The van der Waals surface area contributed by atoms with Gasteiger partial charge in [-0.3, -0.25) is 0 Å². The molecular formula is C19H15ClO4. The van der Waals surface area contributed by atoms with Crippen molar-refractivity contribution in [2.45, 2.75) is 19.8 Å². The van der Waals surface area contributed by atoms with E-state index < -0.39 is 11.6 Å². The van der Waals surface area contributed by atoms with Gasteiger partial charge in [-0.25, -0.2) is 9.59 Å². The normalized spacial score (nSPS) is 10.8. The molecule has 5 heteroatoms. The summed E-state index contributed by atoms with van der Waals surface area (Å²) in [5, 5.41) is 1.39. The molecule has 0 radical (unpaired) electrons. The second-order valence-corrected chi connectivity index (χ2v) is 5.83. The number of hydrogen-bond acceptors (Lipinski definition) is 4. The van der Waals surface area contributed by atoms with Gasteiger partial charge in [-0.05, 0) is 48.4 Å². The largest absolute Gasteiger partial charge is 0.423 e. The minimum atomic E-state index is -0.502. The van der Waals surface area contributed by atoms with E-state index in [0.717, 1.165) is 23.8 Å². The van der Waals surface area contributed by atoms with Crippen LogP contribution >= 0.6 is 11.6 Å². The standard InChI is InChI=1S/C19H15ClO4/c1-2-3-13-10-18(21)24-17-11-15(8-9-16(13)17)23-19(22)12-4-6-14(20)7-5-12/h4-11H,2-3H2,1H3. The topological polar surface area (TPSA) is 56.5 Å². The molecule has 2 aromatic carbocycles. The van der Waals surface area contributed by atoms with Gasteiger partial charge in [0.2, 0.25) is 0 Å². The van der Waals surface area contributed by atoms with E-state index >= 15 is 0 Å². The maximum atomic E-state index is 12.1. The molecule has 0 aliphatic rings. The minimum Gasteiger partial charge on any atom is -0.423 e. The Morgan fingerprint density at radius 1 is 1.12 bits per heavy atom. The van der Waals surface area contributed by atoms with Gasteiger partial charge in [-0.15, -0.1) is 0 Å². The van der Waals surface area contributed by atoms with Crippen molar-refractivity contribution < 1.29 is 13.9 Å². The molecule has 3 rings (SSSR count). The summed E-state index contributed by atoms with van der Waals surface area (Å²) >= 11 is 5.80. The van der Waals surface area contributed by atoms with Crippen molar-refractivity contribution in [1.82, 2.24) is 0 Å². The van der Waals surface area contributed by atoms with E-state index in [1.807, 2.05) is 6.92 Å². The summed E-state index contributed by atoms with van der Waals surface area (Å²) in [6.45, 7) is 2.04. The molecule has 1 heterocycles. The van der Waals surface area contributed by atoms with Gasteiger partial charge in [0.05, 0.1) is 5.56 Å². The van der Waals surface area contributed by atoms with Crippen LogP contribution in [0.25, 0.3) is 11.0 Å². The highest BCUT2D eigenvalue weighted by molar-refractivity contribution is 6.30. The summed E-state index contributed by atoms with van der Waals surface area (Å²) < 4.78 is 10.6. The van der Waals surface area contributed by atoms with Gasteiger partial charge in [-0.1, -0.05) is 24.9 Å². The van der Waals surface area contributed by atoms with Crippen molar-refractivity contribution in [3.05, 3.63) is 75.1 Å². The molecule has 0 aliphatic heterocycles. The molecule has 0 aliphatic carbocycles. The van der Waals surface area contributed by atoms with Crippen molar-refractivity contribution in [2.75, 3.05) is 0 Å². The SMILES string of the molecule is CCCc1cc(=O)oc2cc(OC(=O)c3ccc(Cl)cc3)ccc12. The van der Waals surface area contributed by atoms with Crippen LogP contribution in [0.15, 0.2) is 57.7 Å². The number of benzene rings is 2. The molecule has 0 atom stereocenters. The average molecular weight is 343 g/mol. The fourth-order valence-corrected chi connectivity index (χ4v) is 2.63. The Hall–Kier alpha value is -2.59. The quantitative estimate of drug-likeness (QED) is 0.394. The van der Waals surface area contributed by atoms with Crippen LogP contribution in [-0.2, 0) is 6.42 Å². The Morgan fingerprint density at radius 2 is 1.88 bits per heavy atom. The first-order valence-corrected chi connectivity index (χ1v) is 7.99. The zero-order valence-electron chi connectivity index (χ0n) is 13.0. The first kappa shape index (κ1) is 16.3. The fourth-order valence-electron chi connectivity index (χ4n) is 2.50. The molecule has 0 bridgehead atoms. The van der Waals surface area contributed by atoms with Gasteiger partial charge >= 0.3 is 11.6 Å². The summed E-state index contributed by atoms with van der Waals surface area (Å²) in [7, 11) is 0. The number of ether oxygens (including phenoxy) is 1. The maximum absolute atomic E-state index is 12.1. The van der Waals surface area contributed by atoms with E-state index in [4.69, 9.17) is 20.8 Å². The summed E-state index contributed by atoms with van der Waals surface area (Å²) in [6.07, 6.45) is 1.71. The second-order valence-electron chi connectivity index (χ2n) is 5.40. The van der Waals surface area contributed by atoms with Crippen LogP contribution in [0.4, 0.5) is 0 Å². The third-order valence-electron chi connectivity index (χ3n) is 3.61. The molecule has 0 amide bonds. The van der Waals surface area contributed by atoms with Gasteiger partial charge < -0.3 is 9.15 Å². The molecule has 24 heavy (non-hydrogen) atoms. The van der Waals surface area contributed by atoms with Crippen LogP contribution in [0, 0.1) is 0 Å². The first-order valence-electron chi connectivity index (χ1n) is 7.61. The van der Waals surface area contributed by atoms with Crippen molar-refractivity contribution in [3.8, 4) is 5.75 Å². The molecular weight excluding hydrogens is 328 g/mol. The van der Waals surface area contributed by atoms with E-state index in [-0.39, 0.29) is 0 Å². The number of fused-ring (bicyclic) bond motifs is 1. The Balaban J connectivity index is 1.92. The third-order valence-corrected chi connectivity index (χ3v) is 3.86. The maximum Gasteiger partial charge on any atom is 0.343 e. The summed E-state index contributed by atoms with van der Waals surface area (Å²) in [4.78, 5) is 23.8. The first-order chi connectivity index (χ1) is 11.6. The lowest BCUT2D eigenvalue weighted by molar-refractivity contribution is 0.0735. The fraction of sp³-hybridized carbons (Fsp3) is 0.158. The van der Waals surface area contributed by atoms with Crippen molar-refractivity contribution in [3.63, 3.8) is 0 Å². The van der Waals surface area contributed by atoms with Crippen molar-refractivity contribution >= 4 is 28.5 Å². The Kier molecular flexibility index (Phi) is 4.67. The minimum absolute atomic E-state index is 0.319. The lowest BCUT2D eigenvalue weighted by atomic mass is 10.1. The molecule has 4 nitrogen and oxygen atoms in total. The summed E-state index contributed by atoms with van der Waals surface area (Å²) in [5.41, 5.74) is 1.32. The molecule has 0 N–H and O–H groups in total. The third kappa shape index (κ3) is 3.49. The van der Waals surface area contributed by atoms with E-state index in [0.29, 0.717) is 21.9 Å². The van der Waals surface area contributed by atoms with Crippen LogP contribution in [0.5, 0.6) is 5.75 Å². The number of rotatable bonds is 4. The van der Waals surface area contributed by atoms with Crippen LogP contribution in [0.1, 0.15) is 29.3 Å². The molecule has 0 unspecified atom stereocenters. The Bertz CT molecular complexity index is 942. The number of esters is 1. The monoisotopic (exact) mass is 342 g/mol. The van der Waals surface area contributed by atoms with Crippen LogP contribution in [-0.4, -0.2) is 5.97 Å². The summed E-state index contributed by atoms with van der Waals surface area (Å²) in [6, 6.07) is 13.0. The van der Waals surface area contributed by atoms with Gasteiger partial charge in [0.1, 0.15) is 11.3 Å². The number of halogens is 1.